The van der Waals surface area contributed by atoms with E-state index < -0.39 is 0 Å². The third kappa shape index (κ3) is 5.32. The number of nitrogens with zero attached hydrogens (tertiary/aromatic N) is 2. The lowest BCUT2D eigenvalue weighted by molar-refractivity contribution is 0.0447. The molecule has 162 valence electrons. The van der Waals surface area contributed by atoms with Crippen LogP contribution in [0.2, 0.25) is 0 Å². The van der Waals surface area contributed by atoms with E-state index in [1.165, 1.54) is 11.1 Å². The summed E-state index contributed by atoms with van der Waals surface area (Å²) in [5.74, 6) is 0.768. The van der Waals surface area contributed by atoms with Crippen LogP contribution < -0.4 is 0 Å². The van der Waals surface area contributed by atoms with Gasteiger partial charge in [0, 0.05) is 26.2 Å². The molecule has 4 nitrogen and oxygen atoms in total. The number of carbonyl (C=O) groups is 1. The minimum absolute atomic E-state index is 0.195. The molecule has 4 rings (SSSR count). The van der Waals surface area contributed by atoms with Gasteiger partial charge in [0.2, 0.25) is 0 Å². The lowest BCUT2D eigenvalue weighted by Crippen LogP contribution is -2.43. The highest BCUT2D eigenvalue weighted by Crippen LogP contribution is 2.25. The first-order valence-electron chi connectivity index (χ1n) is 11.3. The zero-order chi connectivity index (χ0) is 20.9. The summed E-state index contributed by atoms with van der Waals surface area (Å²) >= 11 is 1.57. The molecule has 30 heavy (non-hydrogen) atoms. The van der Waals surface area contributed by atoms with E-state index in [0.29, 0.717) is 5.92 Å². The minimum atomic E-state index is 0.195. The summed E-state index contributed by atoms with van der Waals surface area (Å²) in [6.45, 7) is 9.92. The average molecular weight is 427 g/mol. The molecule has 0 aliphatic carbocycles. The van der Waals surface area contributed by atoms with Crippen molar-refractivity contribution in [2.24, 2.45) is 5.92 Å². The SMILES string of the molecule is Cc1ccccc1CN1CCC(CN(CC2CCCO2)C(=O)c2sccc2C)CC1. The second kappa shape index (κ2) is 10.1. The Labute approximate surface area is 184 Å². The van der Waals surface area contributed by atoms with Crippen LogP contribution in [-0.4, -0.2) is 54.6 Å². The molecule has 2 aliphatic heterocycles. The highest BCUT2D eigenvalue weighted by molar-refractivity contribution is 7.12. The third-order valence-corrected chi connectivity index (χ3v) is 7.64. The van der Waals surface area contributed by atoms with Gasteiger partial charge in [-0.25, -0.2) is 0 Å². The molecule has 1 aromatic heterocycles. The van der Waals surface area contributed by atoms with E-state index in [-0.39, 0.29) is 12.0 Å². The van der Waals surface area contributed by atoms with Crippen molar-refractivity contribution in [2.45, 2.75) is 52.2 Å². The number of thiophene rings is 1. The molecule has 1 aromatic carbocycles. The maximum atomic E-state index is 13.3. The van der Waals surface area contributed by atoms with Gasteiger partial charge >= 0.3 is 0 Å². The number of aryl methyl sites for hydroxylation is 2. The molecule has 2 aliphatic rings. The fraction of sp³-hybridized carbons (Fsp3) is 0.560. The van der Waals surface area contributed by atoms with Crippen LogP contribution in [-0.2, 0) is 11.3 Å². The molecule has 1 atom stereocenters. The van der Waals surface area contributed by atoms with E-state index in [2.05, 4.69) is 41.0 Å². The molecule has 0 radical (unpaired) electrons. The first-order valence-corrected chi connectivity index (χ1v) is 12.2. The topological polar surface area (TPSA) is 32.8 Å². The van der Waals surface area contributed by atoms with Crippen molar-refractivity contribution in [1.82, 2.24) is 9.80 Å². The Bertz CT molecular complexity index is 835. The van der Waals surface area contributed by atoms with E-state index in [1.807, 2.05) is 18.4 Å². The van der Waals surface area contributed by atoms with Crippen molar-refractivity contribution in [3.63, 3.8) is 0 Å². The third-order valence-electron chi connectivity index (χ3n) is 6.63. The molecule has 2 fully saturated rings. The van der Waals surface area contributed by atoms with Crippen molar-refractivity contribution in [3.05, 3.63) is 57.3 Å². The summed E-state index contributed by atoms with van der Waals surface area (Å²) < 4.78 is 5.87. The second-order valence-corrected chi connectivity index (χ2v) is 9.84. The van der Waals surface area contributed by atoms with E-state index in [9.17, 15) is 4.79 Å². The number of rotatable bonds is 7. The predicted octanol–water partition coefficient (Wildman–Crippen LogP) is 4.90. The Hall–Kier alpha value is -1.69. The Kier molecular flexibility index (Phi) is 7.24. The lowest BCUT2D eigenvalue weighted by Gasteiger charge is -2.35. The highest BCUT2D eigenvalue weighted by Gasteiger charge is 2.28. The van der Waals surface area contributed by atoms with E-state index >= 15 is 0 Å². The van der Waals surface area contributed by atoms with Crippen LogP contribution in [0.5, 0.6) is 0 Å². The van der Waals surface area contributed by atoms with Crippen LogP contribution in [0.4, 0.5) is 0 Å². The van der Waals surface area contributed by atoms with Crippen molar-refractivity contribution in [2.75, 3.05) is 32.8 Å². The molecule has 5 heteroatoms. The molecular weight excluding hydrogens is 392 g/mol. The van der Waals surface area contributed by atoms with Crippen LogP contribution in [0, 0.1) is 19.8 Å². The van der Waals surface area contributed by atoms with Crippen molar-refractivity contribution >= 4 is 17.2 Å². The fourth-order valence-electron chi connectivity index (χ4n) is 4.68. The number of likely N-dealkylation sites (tertiary alicyclic amines) is 1. The normalized spacial score (nSPS) is 20.5. The van der Waals surface area contributed by atoms with Gasteiger partial charge in [0.05, 0.1) is 11.0 Å². The molecule has 1 unspecified atom stereocenters. The molecule has 0 saturated carbocycles. The zero-order valence-electron chi connectivity index (χ0n) is 18.3. The van der Waals surface area contributed by atoms with Crippen LogP contribution in [0.15, 0.2) is 35.7 Å². The predicted molar refractivity (Wildman–Crippen MR) is 123 cm³/mol. The van der Waals surface area contributed by atoms with Gasteiger partial charge in [-0.1, -0.05) is 24.3 Å². The Morgan fingerprint density at radius 1 is 1.10 bits per heavy atom. The molecule has 0 bridgehead atoms. The summed E-state index contributed by atoms with van der Waals surface area (Å²) in [7, 11) is 0. The number of hydrogen-bond acceptors (Lipinski definition) is 4. The first-order chi connectivity index (χ1) is 14.6. The van der Waals surface area contributed by atoms with Crippen molar-refractivity contribution in [1.29, 1.82) is 0 Å². The average Bonchev–Trinajstić information content (AvgIpc) is 3.42. The van der Waals surface area contributed by atoms with Gasteiger partial charge < -0.3 is 9.64 Å². The number of piperidine rings is 1. The quantitative estimate of drug-likeness (QED) is 0.631. The second-order valence-electron chi connectivity index (χ2n) is 8.92. The van der Waals surface area contributed by atoms with Crippen LogP contribution >= 0.6 is 11.3 Å². The van der Waals surface area contributed by atoms with Gasteiger partial charge in [0.15, 0.2) is 0 Å². The van der Waals surface area contributed by atoms with E-state index in [4.69, 9.17) is 4.74 Å². The largest absolute Gasteiger partial charge is 0.376 e. The molecule has 0 N–H and O–H groups in total. The van der Waals surface area contributed by atoms with Gasteiger partial charge in [-0.05, 0) is 86.7 Å². The number of hydrogen-bond donors (Lipinski definition) is 0. The summed E-state index contributed by atoms with van der Waals surface area (Å²) in [5, 5.41) is 2.02. The Morgan fingerprint density at radius 2 is 1.90 bits per heavy atom. The smallest absolute Gasteiger partial charge is 0.264 e. The van der Waals surface area contributed by atoms with Crippen molar-refractivity contribution in [3.8, 4) is 0 Å². The summed E-state index contributed by atoms with van der Waals surface area (Å²) in [5.41, 5.74) is 3.90. The van der Waals surface area contributed by atoms with Crippen LogP contribution in [0.1, 0.15) is 52.0 Å². The molecule has 0 spiro atoms. The molecule has 2 saturated heterocycles. The Balaban J connectivity index is 1.35. The molecule has 1 amide bonds. The zero-order valence-corrected chi connectivity index (χ0v) is 19.1. The monoisotopic (exact) mass is 426 g/mol. The first kappa shape index (κ1) is 21.5. The summed E-state index contributed by atoms with van der Waals surface area (Å²) in [6.07, 6.45) is 4.70. The van der Waals surface area contributed by atoms with Gasteiger partial charge in [-0.2, -0.15) is 0 Å². The minimum Gasteiger partial charge on any atom is -0.376 e. The Morgan fingerprint density at radius 3 is 2.57 bits per heavy atom. The van der Waals surface area contributed by atoms with Crippen LogP contribution in [0.25, 0.3) is 0 Å². The van der Waals surface area contributed by atoms with E-state index in [0.717, 1.165) is 75.5 Å². The van der Waals surface area contributed by atoms with Gasteiger partial charge in [-0.3, -0.25) is 9.69 Å². The molecular formula is C25H34N2O2S. The number of ether oxygens (including phenoxy) is 1. The fourth-order valence-corrected chi connectivity index (χ4v) is 5.57. The summed E-state index contributed by atoms with van der Waals surface area (Å²) in [6, 6.07) is 10.7. The van der Waals surface area contributed by atoms with Crippen LogP contribution in [0.3, 0.4) is 0 Å². The molecule has 3 heterocycles. The molecule has 2 aromatic rings. The van der Waals surface area contributed by atoms with Crippen molar-refractivity contribution < 1.29 is 9.53 Å². The number of benzene rings is 1. The number of amides is 1. The maximum absolute atomic E-state index is 13.3. The van der Waals surface area contributed by atoms with Gasteiger partial charge in [0.1, 0.15) is 0 Å². The van der Waals surface area contributed by atoms with Gasteiger partial charge in [0.25, 0.3) is 5.91 Å². The number of carbonyl (C=O) groups excluding carboxylic acids is 1. The van der Waals surface area contributed by atoms with Gasteiger partial charge in [-0.15, -0.1) is 11.3 Å². The highest BCUT2D eigenvalue weighted by atomic mass is 32.1. The standard InChI is InChI=1S/C25H34N2O2S/c1-19-6-3-4-7-22(19)17-26-12-9-21(10-13-26)16-27(18-23-8-5-14-29-23)25(28)24-20(2)11-15-30-24/h3-4,6-7,11,15,21,23H,5,8-10,12-14,16-18H2,1-2H3. The van der Waals surface area contributed by atoms with E-state index in [1.54, 1.807) is 11.3 Å². The summed E-state index contributed by atoms with van der Waals surface area (Å²) in [4.78, 5) is 18.9. The lowest BCUT2D eigenvalue weighted by atomic mass is 9.95. The maximum Gasteiger partial charge on any atom is 0.264 e.